The van der Waals surface area contributed by atoms with Gasteiger partial charge in [0.1, 0.15) is 6.29 Å². The molecule has 2 atom stereocenters. The van der Waals surface area contributed by atoms with E-state index in [1.54, 1.807) is 0 Å². The molecule has 17 heavy (non-hydrogen) atoms. The fourth-order valence-corrected chi connectivity index (χ4v) is 2.45. The van der Waals surface area contributed by atoms with Crippen LogP contribution in [0.4, 0.5) is 0 Å². The Morgan fingerprint density at radius 2 is 2.29 bits per heavy atom. The number of aldehydes is 1. The summed E-state index contributed by atoms with van der Waals surface area (Å²) in [5.41, 5.74) is 2.55. The van der Waals surface area contributed by atoms with Crippen LogP contribution >= 0.6 is 0 Å². The maximum absolute atomic E-state index is 11.2. The van der Waals surface area contributed by atoms with Gasteiger partial charge in [-0.2, -0.15) is 0 Å². The van der Waals surface area contributed by atoms with E-state index >= 15 is 0 Å². The molecule has 0 radical (unpaired) electrons. The van der Waals surface area contributed by atoms with E-state index in [1.165, 1.54) is 11.1 Å². The summed E-state index contributed by atoms with van der Waals surface area (Å²) in [7, 11) is 0. The molecular weight excluding hydrogens is 208 g/mol. The monoisotopic (exact) mass is 232 g/mol. The molecule has 94 valence electrons. The first-order chi connectivity index (χ1) is 8.04. The third-order valence-corrected chi connectivity index (χ3v) is 3.83. The van der Waals surface area contributed by atoms with Crippen LogP contribution in [0.5, 0.6) is 0 Å². The summed E-state index contributed by atoms with van der Waals surface area (Å²) in [4.78, 5) is 11.2. The fraction of sp³-hybridized carbons (Fsp3) is 0.562. The average molecular weight is 232 g/mol. The summed E-state index contributed by atoms with van der Waals surface area (Å²) in [6.45, 7) is 10.2. The second-order valence-corrected chi connectivity index (χ2v) is 5.37. The summed E-state index contributed by atoms with van der Waals surface area (Å²) in [5.74, 6) is 0.285. The largest absolute Gasteiger partial charge is 0.302 e. The van der Waals surface area contributed by atoms with Crippen molar-refractivity contribution in [1.29, 1.82) is 0 Å². The van der Waals surface area contributed by atoms with Crippen molar-refractivity contribution < 1.29 is 4.79 Å². The number of allylic oxidation sites excluding steroid dienone is 5. The standard InChI is InChI=1S/C16H24O/c1-5-16(12-17)10-9-15(11-14(16)4)8-6-7-13(2)3/h5,7,11-12,14H,1,6,8-10H2,2-4H3/t14-,16-/m1/s1. The molecule has 0 saturated carbocycles. The molecule has 0 fully saturated rings. The van der Waals surface area contributed by atoms with Gasteiger partial charge in [-0.25, -0.2) is 0 Å². The van der Waals surface area contributed by atoms with Gasteiger partial charge in [-0.15, -0.1) is 6.58 Å². The molecule has 0 heterocycles. The van der Waals surface area contributed by atoms with Crippen LogP contribution in [0.15, 0.2) is 36.0 Å². The van der Waals surface area contributed by atoms with E-state index in [-0.39, 0.29) is 11.3 Å². The van der Waals surface area contributed by atoms with Crippen LogP contribution < -0.4 is 0 Å². The van der Waals surface area contributed by atoms with Gasteiger partial charge < -0.3 is 4.79 Å². The molecule has 1 rings (SSSR count). The number of carbonyl (C=O) groups excluding carboxylic acids is 1. The van der Waals surface area contributed by atoms with Crippen LogP contribution in [0.25, 0.3) is 0 Å². The lowest BCUT2D eigenvalue weighted by molar-refractivity contribution is -0.115. The van der Waals surface area contributed by atoms with E-state index in [2.05, 4.69) is 39.5 Å². The van der Waals surface area contributed by atoms with Crippen LogP contribution in [0, 0.1) is 11.3 Å². The van der Waals surface area contributed by atoms with E-state index in [4.69, 9.17) is 0 Å². The predicted octanol–water partition coefficient (Wildman–Crippen LogP) is 4.46. The van der Waals surface area contributed by atoms with Crippen LogP contribution in [0.2, 0.25) is 0 Å². The van der Waals surface area contributed by atoms with Crippen LogP contribution in [0.3, 0.4) is 0 Å². The molecule has 0 aromatic rings. The fourth-order valence-electron chi connectivity index (χ4n) is 2.45. The highest BCUT2D eigenvalue weighted by molar-refractivity contribution is 5.64. The third-order valence-electron chi connectivity index (χ3n) is 3.83. The Morgan fingerprint density at radius 1 is 1.59 bits per heavy atom. The first kappa shape index (κ1) is 14.0. The van der Waals surface area contributed by atoms with Gasteiger partial charge in [0, 0.05) is 5.41 Å². The Hall–Kier alpha value is -1.11. The highest BCUT2D eigenvalue weighted by Crippen LogP contribution is 2.40. The SMILES string of the molecule is C=C[C@]1(C=O)CCC(CCC=C(C)C)=C[C@H]1C. The molecule has 1 aliphatic rings. The van der Waals surface area contributed by atoms with Crippen molar-refractivity contribution in [2.45, 2.75) is 46.5 Å². The minimum absolute atomic E-state index is 0.285. The summed E-state index contributed by atoms with van der Waals surface area (Å²) < 4.78 is 0. The summed E-state index contributed by atoms with van der Waals surface area (Å²) in [5, 5.41) is 0. The molecule has 1 heteroatoms. The van der Waals surface area contributed by atoms with Crippen molar-refractivity contribution in [3.8, 4) is 0 Å². The first-order valence-electron chi connectivity index (χ1n) is 6.47. The zero-order valence-corrected chi connectivity index (χ0v) is 11.3. The predicted molar refractivity (Wildman–Crippen MR) is 73.8 cm³/mol. The molecule has 0 aromatic carbocycles. The molecule has 0 bridgehead atoms. The van der Waals surface area contributed by atoms with E-state index < -0.39 is 0 Å². The molecule has 0 amide bonds. The molecular formula is C16H24O. The van der Waals surface area contributed by atoms with Crippen molar-refractivity contribution in [1.82, 2.24) is 0 Å². The van der Waals surface area contributed by atoms with Gasteiger partial charge in [0.05, 0.1) is 0 Å². The number of rotatable bonds is 5. The molecule has 1 nitrogen and oxygen atoms in total. The van der Waals surface area contributed by atoms with Gasteiger partial charge in [-0.3, -0.25) is 0 Å². The Balaban J connectivity index is 2.66. The minimum Gasteiger partial charge on any atom is -0.302 e. The van der Waals surface area contributed by atoms with E-state index in [0.29, 0.717) is 0 Å². The number of carbonyl (C=O) groups is 1. The maximum Gasteiger partial charge on any atom is 0.130 e. The van der Waals surface area contributed by atoms with Crippen LogP contribution in [-0.4, -0.2) is 6.29 Å². The number of hydrogen-bond donors (Lipinski definition) is 0. The van der Waals surface area contributed by atoms with Crippen molar-refractivity contribution in [3.05, 3.63) is 36.0 Å². The Morgan fingerprint density at radius 3 is 2.76 bits per heavy atom. The average Bonchev–Trinajstić information content (AvgIpc) is 2.30. The molecule has 0 saturated heterocycles. The minimum atomic E-state index is -0.319. The second-order valence-electron chi connectivity index (χ2n) is 5.37. The second kappa shape index (κ2) is 6.00. The summed E-state index contributed by atoms with van der Waals surface area (Å²) in [6, 6.07) is 0. The van der Waals surface area contributed by atoms with Gasteiger partial charge in [0.15, 0.2) is 0 Å². The molecule has 0 spiro atoms. The maximum atomic E-state index is 11.2. The van der Waals surface area contributed by atoms with Crippen LogP contribution in [-0.2, 0) is 4.79 Å². The summed E-state index contributed by atoms with van der Waals surface area (Å²) >= 11 is 0. The summed E-state index contributed by atoms with van der Waals surface area (Å²) in [6.07, 6.45) is 11.7. The first-order valence-corrected chi connectivity index (χ1v) is 6.47. The Bertz CT molecular complexity index is 335. The van der Waals surface area contributed by atoms with E-state index in [9.17, 15) is 4.79 Å². The van der Waals surface area contributed by atoms with Gasteiger partial charge in [-0.05, 0) is 45.4 Å². The highest BCUT2D eigenvalue weighted by Gasteiger charge is 2.34. The van der Waals surface area contributed by atoms with Crippen molar-refractivity contribution in [2.75, 3.05) is 0 Å². The normalized spacial score (nSPS) is 28.2. The molecule has 1 aliphatic carbocycles. The zero-order chi connectivity index (χ0) is 12.9. The van der Waals surface area contributed by atoms with Crippen LogP contribution in [0.1, 0.15) is 46.5 Å². The van der Waals surface area contributed by atoms with Gasteiger partial charge in [0.25, 0.3) is 0 Å². The molecule has 0 N–H and O–H groups in total. The van der Waals surface area contributed by atoms with Gasteiger partial charge in [0.2, 0.25) is 0 Å². The lowest BCUT2D eigenvalue weighted by Crippen LogP contribution is -2.30. The lowest BCUT2D eigenvalue weighted by Gasteiger charge is -2.34. The van der Waals surface area contributed by atoms with E-state index in [0.717, 1.165) is 32.0 Å². The smallest absolute Gasteiger partial charge is 0.130 e. The molecule has 0 aliphatic heterocycles. The zero-order valence-electron chi connectivity index (χ0n) is 11.3. The lowest BCUT2D eigenvalue weighted by atomic mass is 9.69. The number of hydrogen-bond acceptors (Lipinski definition) is 1. The van der Waals surface area contributed by atoms with Crippen molar-refractivity contribution in [3.63, 3.8) is 0 Å². The van der Waals surface area contributed by atoms with E-state index in [1.807, 2.05) is 6.08 Å². The highest BCUT2D eigenvalue weighted by atomic mass is 16.1. The molecule has 0 unspecified atom stereocenters. The van der Waals surface area contributed by atoms with Gasteiger partial charge >= 0.3 is 0 Å². The third kappa shape index (κ3) is 3.42. The Labute approximate surface area is 105 Å². The quantitative estimate of drug-likeness (QED) is 0.505. The van der Waals surface area contributed by atoms with Gasteiger partial charge in [-0.1, -0.05) is 36.3 Å². The van der Waals surface area contributed by atoms with Crippen molar-refractivity contribution >= 4 is 6.29 Å². The Kier molecular flexibility index (Phi) is 4.92. The van der Waals surface area contributed by atoms with Crippen molar-refractivity contribution in [2.24, 2.45) is 11.3 Å². The molecule has 0 aromatic heterocycles. The topological polar surface area (TPSA) is 17.1 Å².